The van der Waals surface area contributed by atoms with Gasteiger partial charge in [0.2, 0.25) is 0 Å². The molecule has 0 spiro atoms. The number of carbonyl (C=O) groups excluding carboxylic acids is 2. The molecule has 0 aliphatic carbocycles. The third kappa shape index (κ3) is 4.21. The van der Waals surface area contributed by atoms with Gasteiger partial charge in [0.1, 0.15) is 0 Å². The number of anilines is 2. The van der Waals surface area contributed by atoms with Crippen LogP contribution in [0.2, 0.25) is 5.02 Å². The average molecular weight is 467 g/mol. The number of furan rings is 1. The van der Waals surface area contributed by atoms with Crippen molar-refractivity contribution in [3.05, 3.63) is 80.8 Å². The summed E-state index contributed by atoms with van der Waals surface area (Å²) in [5.74, 6) is -0.442. The smallest absolute Gasteiger partial charge is 0.291 e. The molecule has 5 nitrogen and oxygen atoms in total. The fraction of sp³-hybridized carbons (Fsp3) is 0. The standard InChI is InChI=1S/C18H12ClIN2O3/c19-13-10-11(21-17(23)12-4-1-2-5-14(12)20)7-8-15(13)22-18(24)16-6-3-9-25-16/h1-10H,(H,21,23)(H,22,24). The number of nitrogens with one attached hydrogen (secondary N) is 2. The Hall–Kier alpha value is -2.32. The van der Waals surface area contributed by atoms with E-state index in [1.54, 1.807) is 42.5 Å². The quantitative estimate of drug-likeness (QED) is 0.529. The summed E-state index contributed by atoms with van der Waals surface area (Å²) in [6.45, 7) is 0. The van der Waals surface area contributed by atoms with Crippen LogP contribution < -0.4 is 10.6 Å². The second kappa shape index (κ2) is 7.71. The number of amides is 2. The van der Waals surface area contributed by atoms with Crippen LogP contribution in [0.25, 0.3) is 0 Å². The van der Waals surface area contributed by atoms with E-state index in [9.17, 15) is 9.59 Å². The summed E-state index contributed by atoms with van der Waals surface area (Å²) in [4.78, 5) is 24.3. The van der Waals surface area contributed by atoms with E-state index in [1.807, 2.05) is 12.1 Å². The van der Waals surface area contributed by atoms with Gasteiger partial charge in [0.05, 0.1) is 22.5 Å². The van der Waals surface area contributed by atoms with Crippen molar-refractivity contribution in [1.82, 2.24) is 0 Å². The van der Waals surface area contributed by atoms with Crippen LogP contribution in [0, 0.1) is 3.57 Å². The minimum atomic E-state index is -0.400. The Bertz CT molecular complexity index is 926. The minimum absolute atomic E-state index is 0.187. The zero-order valence-electron chi connectivity index (χ0n) is 12.8. The van der Waals surface area contributed by atoms with E-state index in [-0.39, 0.29) is 11.7 Å². The molecule has 0 aliphatic heterocycles. The highest BCUT2D eigenvalue weighted by molar-refractivity contribution is 14.1. The zero-order valence-corrected chi connectivity index (χ0v) is 15.7. The molecule has 7 heteroatoms. The molecule has 0 saturated heterocycles. The number of carbonyl (C=O) groups is 2. The maximum absolute atomic E-state index is 12.3. The summed E-state index contributed by atoms with van der Waals surface area (Å²) in [7, 11) is 0. The molecule has 2 aromatic carbocycles. The highest BCUT2D eigenvalue weighted by atomic mass is 127. The minimum Gasteiger partial charge on any atom is -0.459 e. The van der Waals surface area contributed by atoms with Crippen molar-refractivity contribution in [3.63, 3.8) is 0 Å². The summed E-state index contributed by atoms with van der Waals surface area (Å²) >= 11 is 8.30. The van der Waals surface area contributed by atoms with Gasteiger partial charge in [-0.05, 0) is 65.1 Å². The molecule has 0 fully saturated rings. The molecule has 0 radical (unpaired) electrons. The molecule has 1 aromatic heterocycles. The van der Waals surface area contributed by atoms with Crippen molar-refractivity contribution in [1.29, 1.82) is 0 Å². The summed E-state index contributed by atoms with van der Waals surface area (Å²) in [6, 6.07) is 15.3. The zero-order chi connectivity index (χ0) is 17.8. The van der Waals surface area contributed by atoms with Gasteiger partial charge >= 0.3 is 0 Å². The van der Waals surface area contributed by atoms with Crippen LogP contribution in [0.5, 0.6) is 0 Å². The van der Waals surface area contributed by atoms with E-state index in [2.05, 4.69) is 33.2 Å². The van der Waals surface area contributed by atoms with Crippen molar-refractivity contribution in [3.8, 4) is 0 Å². The van der Waals surface area contributed by atoms with Crippen molar-refractivity contribution >= 4 is 57.4 Å². The predicted octanol–water partition coefficient (Wildman–Crippen LogP) is 5.04. The van der Waals surface area contributed by atoms with Gasteiger partial charge in [-0.25, -0.2) is 0 Å². The van der Waals surface area contributed by atoms with Crippen LogP contribution in [0.4, 0.5) is 11.4 Å². The number of hydrogen-bond acceptors (Lipinski definition) is 3. The third-order valence-electron chi connectivity index (χ3n) is 3.34. The first-order chi connectivity index (χ1) is 12.0. The number of rotatable bonds is 4. The second-order valence-electron chi connectivity index (χ2n) is 5.06. The maximum Gasteiger partial charge on any atom is 0.291 e. The van der Waals surface area contributed by atoms with Gasteiger partial charge in [-0.3, -0.25) is 9.59 Å². The van der Waals surface area contributed by atoms with Crippen molar-refractivity contribution in [2.24, 2.45) is 0 Å². The lowest BCUT2D eigenvalue weighted by molar-refractivity contribution is 0.0994. The van der Waals surface area contributed by atoms with Crippen LogP contribution in [0.1, 0.15) is 20.9 Å². The fourth-order valence-electron chi connectivity index (χ4n) is 2.13. The van der Waals surface area contributed by atoms with Gasteiger partial charge in [0, 0.05) is 9.26 Å². The highest BCUT2D eigenvalue weighted by Crippen LogP contribution is 2.26. The lowest BCUT2D eigenvalue weighted by Crippen LogP contribution is -2.14. The van der Waals surface area contributed by atoms with Gasteiger partial charge in [0.15, 0.2) is 5.76 Å². The second-order valence-corrected chi connectivity index (χ2v) is 6.63. The van der Waals surface area contributed by atoms with Crippen molar-refractivity contribution < 1.29 is 14.0 Å². The monoisotopic (exact) mass is 466 g/mol. The Morgan fingerprint density at radius 2 is 1.76 bits per heavy atom. The molecular formula is C18H12ClIN2O3. The molecule has 0 atom stereocenters. The molecule has 2 N–H and O–H groups in total. The molecule has 3 rings (SSSR count). The number of benzene rings is 2. The lowest BCUT2D eigenvalue weighted by Gasteiger charge is -2.10. The van der Waals surface area contributed by atoms with Gasteiger partial charge in [0.25, 0.3) is 11.8 Å². The summed E-state index contributed by atoms with van der Waals surface area (Å²) in [6.07, 6.45) is 1.42. The van der Waals surface area contributed by atoms with E-state index in [4.69, 9.17) is 16.0 Å². The van der Waals surface area contributed by atoms with Crippen molar-refractivity contribution in [2.75, 3.05) is 10.6 Å². The van der Waals surface area contributed by atoms with Crippen LogP contribution in [-0.4, -0.2) is 11.8 Å². The third-order valence-corrected chi connectivity index (χ3v) is 4.59. The first-order valence-corrected chi connectivity index (χ1v) is 8.70. The van der Waals surface area contributed by atoms with Gasteiger partial charge < -0.3 is 15.1 Å². The largest absolute Gasteiger partial charge is 0.459 e. The molecule has 25 heavy (non-hydrogen) atoms. The first kappa shape index (κ1) is 17.5. The summed E-state index contributed by atoms with van der Waals surface area (Å²) in [5, 5.41) is 5.75. The Morgan fingerprint density at radius 1 is 0.960 bits per heavy atom. The van der Waals surface area contributed by atoms with E-state index < -0.39 is 5.91 Å². The van der Waals surface area contributed by atoms with E-state index in [1.165, 1.54) is 6.26 Å². The Morgan fingerprint density at radius 3 is 2.44 bits per heavy atom. The Kier molecular flexibility index (Phi) is 5.40. The molecule has 3 aromatic rings. The van der Waals surface area contributed by atoms with Gasteiger partial charge in [-0.2, -0.15) is 0 Å². The topological polar surface area (TPSA) is 71.3 Å². The molecule has 0 unspecified atom stereocenters. The summed E-state index contributed by atoms with van der Waals surface area (Å²) in [5.41, 5.74) is 1.54. The molecular weight excluding hydrogens is 455 g/mol. The number of halogens is 2. The maximum atomic E-state index is 12.3. The molecule has 2 amide bonds. The SMILES string of the molecule is O=C(Nc1ccc(NC(=O)c2ccccc2I)cc1Cl)c1ccco1. The van der Waals surface area contributed by atoms with Crippen molar-refractivity contribution in [2.45, 2.75) is 0 Å². The van der Waals surface area contributed by atoms with E-state index >= 15 is 0 Å². The molecule has 126 valence electrons. The highest BCUT2D eigenvalue weighted by Gasteiger charge is 2.13. The Balaban J connectivity index is 1.73. The number of hydrogen-bond donors (Lipinski definition) is 2. The fourth-order valence-corrected chi connectivity index (χ4v) is 2.99. The van der Waals surface area contributed by atoms with E-state index in [0.717, 1.165) is 3.57 Å². The lowest BCUT2D eigenvalue weighted by atomic mass is 10.2. The van der Waals surface area contributed by atoms with Crippen LogP contribution >= 0.6 is 34.2 Å². The van der Waals surface area contributed by atoms with Gasteiger partial charge in [-0.1, -0.05) is 23.7 Å². The van der Waals surface area contributed by atoms with E-state index in [0.29, 0.717) is 22.0 Å². The molecule has 1 heterocycles. The first-order valence-electron chi connectivity index (χ1n) is 7.25. The predicted molar refractivity (Wildman–Crippen MR) is 105 cm³/mol. The molecule has 0 bridgehead atoms. The van der Waals surface area contributed by atoms with Gasteiger partial charge in [-0.15, -0.1) is 0 Å². The average Bonchev–Trinajstić information content (AvgIpc) is 3.12. The van der Waals surface area contributed by atoms with Crippen LogP contribution in [0.3, 0.4) is 0 Å². The molecule has 0 saturated carbocycles. The Labute approximate surface area is 162 Å². The molecule has 0 aliphatic rings. The van der Waals surface area contributed by atoms with Crippen LogP contribution in [-0.2, 0) is 0 Å². The van der Waals surface area contributed by atoms with Crippen LogP contribution in [0.15, 0.2) is 65.3 Å². The summed E-state index contributed by atoms with van der Waals surface area (Å²) < 4.78 is 5.88. The normalized spacial score (nSPS) is 10.3.